The van der Waals surface area contributed by atoms with Gasteiger partial charge in [-0.25, -0.2) is 8.42 Å². The fourth-order valence-corrected chi connectivity index (χ4v) is 3.47. The van der Waals surface area contributed by atoms with Gasteiger partial charge in [-0.15, -0.1) is 6.58 Å². The zero-order chi connectivity index (χ0) is 15.5. The Balaban J connectivity index is 2.42. The van der Waals surface area contributed by atoms with Crippen molar-refractivity contribution >= 4 is 9.84 Å². The molecule has 0 atom stereocenters. The minimum atomic E-state index is -3.58. The largest absolute Gasteiger partial charge is 0.349 e. The molecule has 0 fully saturated rings. The highest BCUT2D eigenvalue weighted by molar-refractivity contribution is 7.95. The van der Waals surface area contributed by atoms with Crippen molar-refractivity contribution in [1.29, 1.82) is 5.26 Å². The van der Waals surface area contributed by atoms with Crippen LogP contribution in [-0.4, -0.2) is 19.9 Å². The van der Waals surface area contributed by atoms with Crippen LogP contribution < -0.4 is 0 Å². The van der Waals surface area contributed by atoms with Gasteiger partial charge in [0.2, 0.25) is 9.84 Å². The van der Waals surface area contributed by atoms with Crippen molar-refractivity contribution in [3.63, 3.8) is 0 Å². The predicted octanol–water partition coefficient (Wildman–Crippen LogP) is 2.91. The number of allylic oxidation sites excluding steroid dienone is 2. The molecule has 0 unspecified atom stereocenters. The summed E-state index contributed by atoms with van der Waals surface area (Å²) in [5.41, 5.74) is 1.42. The first-order valence-electron chi connectivity index (χ1n) is 6.47. The molecule has 1 aromatic carbocycles. The molecule has 1 aromatic rings. The normalized spacial score (nSPS) is 15.0. The minimum Gasteiger partial charge on any atom is -0.349 e. The molecule has 1 aliphatic rings. The van der Waals surface area contributed by atoms with Crippen molar-refractivity contribution in [3.05, 3.63) is 65.4 Å². The van der Waals surface area contributed by atoms with Gasteiger partial charge in [0, 0.05) is 25.4 Å². The van der Waals surface area contributed by atoms with Crippen LogP contribution in [0, 0.1) is 18.3 Å². The summed E-state index contributed by atoms with van der Waals surface area (Å²) in [6, 6.07) is 8.74. The van der Waals surface area contributed by atoms with Crippen LogP contribution in [0.4, 0.5) is 0 Å². The number of rotatable bonds is 4. The molecule has 21 heavy (non-hydrogen) atoms. The average Bonchev–Trinajstić information content (AvgIpc) is 2.47. The SMILES string of the molecule is C=CCN1C=C(C#N)CC(S(=O)(=O)c2ccc(C)cc2)=C1. The summed E-state index contributed by atoms with van der Waals surface area (Å²) in [5, 5.41) is 9.07. The lowest BCUT2D eigenvalue weighted by Gasteiger charge is -2.21. The molecule has 0 radical (unpaired) electrons. The van der Waals surface area contributed by atoms with Crippen LogP contribution in [0.15, 0.2) is 64.7 Å². The Morgan fingerprint density at radius 3 is 2.57 bits per heavy atom. The summed E-state index contributed by atoms with van der Waals surface area (Å²) in [7, 11) is -3.58. The zero-order valence-electron chi connectivity index (χ0n) is 11.8. The molecule has 0 bridgehead atoms. The summed E-state index contributed by atoms with van der Waals surface area (Å²) in [6.07, 6.45) is 5.00. The fourth-order valence-electron chi connectivity index (χ4n) is 2.06. The molecule has 0 aliphatic carbocycles. The number of hydrogen-bond acceptors (Lipinski definition) is 4. The maximum absolute atomic E-state index is 12.7. The Labute approximate surface area is 125 Å². The molecule has 108 valence electrons. The van der Waals surface area contributed by atoms with E-state index in [1.165, 1.54) is 0 Å². The van der Waals surface area contributed by atoms with E-state index in [0.717, 1.165) is 5.56 Å². The van der Waals surface area contributed by atoms with E-state index in [9.17, 15) is 8.42 Å². The topological polar surface area (TPSA) is 61.2 Å². The zero-order valence-corrected chi connectivity index (χ0v) is 12.6. The molecule has 5 heteroatoms. The van der Waals surface area contributed by atoms with Crippen LogP contribution in [-0.2, 0) is 9.84 Å². The van der Waals surface area contributed by atoms with Crippen LogP contribution >= 0.6 is 0 Å². The number of nitrogens with zero attached hydrogens (tertiary/aromatic N) is 2. The van der Waals surface area contributed by atoms with Gasteiger partial charge in [-0.2, -0.15) is 5.26 Å². The summed E-state index contributed by atoms with van der Waals surface area (Å²) in [6.45, 7) is 5.99. The van der Waals surface area contributed by atoms with Crippen LogP contribution in [0.2, 0.25) is 0 Å². The van der Waals surface area contributed by atoms with Crippen LogP contribution in [0.5, 0.6) is 0 Å². The first kappa shape index (κ1) is 15.1. The van der Waals surface area contributed by atoms with Gasteiger partial charge < -0.3 is 4.90 Å². The monoisotopic (exact) mass is 300 g/mol. The third-order valence-corrected chi connectivity index (χ3v) is 4.99. The van der Waals surface area contributed by atoms with Gasteiger partial charge in [-0.3, -0.25) is 0 Å². The van der Waals surface area contributed by atoms with E-state index < -0.39 is 9.84 Å². The van der Waals surface area contributed by atoms with Gasteiger partial charge >= 0.3 is 0 Å². The molecular formula is C16H16N2O2S. The molecule has 1 heterocycles. The van der Waals surface area contributed by atoms with Crippen molar-refractivity contribution < 1.29 is 8.42 Å². The van der Waals surface area contributed by atoms with Crippen molar-refractivity contribution in [2.24, 2.45) is 0 Å². The van der Waals surface area contributed by atoms with E-state index in [1.54, 1.807) is 47.6 Å². The smallest absolute Gasteiger partial charge is 0.204 e. The second-order valence-corrected chi connectivity index (χ2v) is 6.84. The van der Waals surface area contributed by atoms with Crippen LogP contribution in [0.1, 0.15) is 12.0 Å². The highest BCUT2D eigenvalue weighted by atomic mass is 32.2. The van der Waals surface area contributed by atoms with Crippen molar-refractivity contribution in [3.8, 4) is 6.07 Å². The molecule has 0 N–H and O–H groups in total. The molecular weight excluding hydrogens is 284 g/mol. The van der Waals surface area contributed by atoms with Crippen molar-refractivity contribution in [2.75, 3.05) is 6.54 Å². The maximum atomic E-state index is 12.7. The third-order valence-electron chi connectivity index (χ3n) is 3.16. The quantitative estimate of drug-likeness (QED) is 0.802. The third kappa shape index (κ3) is 3.23. The first-order valence-corrected chi connectivity index (χ1v) is 7.95. The van der Waals surface area contributed by atoms with Gasteiger partial charge in [0.1, 0.15) is 0 Å². The lowest BCUT2D eigenvalue weighted by molar-refractivity contribution is 0.544. The summed E-state index contributed by atoms with van der Waals surface area (Å²) >= 11 is 0. The highest BCUT2D eigenvalue weighted by Gasteiger charge is 2.25. The molecule has 1 aliphatic heterocycles. The van der Waals surface area contributed by atoms with E-state index in [0.29, 0.717) is 12.1 Å². The summed E-state index contributed by atoms with van der Waals surface area (Å²) in [4.78, 5) is 2.14. The van der Waals surface area contributed by atoms with Crippen LogP contribution in [0.25, 0.3) is 0 Å². The Morgan fingerprint density at radius 1 is 1.33 bits per heavy atom. The second-order valence-electron chi connectivity index (χ2n) is 4.84. The molecule has 0 spiro atoms. The summed E-state index contributed by atoms with van der Waals surface area (Å²) in [5.74, 6) is 0. The molecule has 4 nitrogen and oxygen atoms in total. The van der Waals surface area contributed by atoms with Gasteiger partial charge in [-0.05, 0) is 19.1 Å². The molecule has 0 saturated carbocycles. The van der Waals surface area contributed by atoms with Crippen LogP contribution in [0.3, 0.4) is 0 Å². The summed E-state index contributed by atoms with van der Waals surface area (Å²) < 4.78 is 25.3. The van der Waals surface area contributed by atoms with E-state index in [2.05, 4.69) is 6.58 Å². The van der Waals surface area contributed by atoms with Crippen molar-refractivity contribution in [2.45, 2.75) is 18.2 Å². The maximum Gasteiger partial charge on any atom is 0.204 e. The van der Waals surface area contributed by atoms with Gasteiger partial charge in [0.05, 0.1) is 21.4 Å². The van der Waals surface area contributed by atoms with E-state index in [4.69, 9.17) is 5.26 Å². The Bertz CT molecular complexity index is 750. The van der Waals surface area contributed by atoms with E-state index in [-0.39, 0.29) is 16.2 Å². The van der Waals surface area contributed by atoms with E-state index >= 15 is 0 Å². The first-order chi connectivity index (χ1) is 9.97. The number of sulfone groups is 1. The number of benzene rings is 1. The number of hydrogen-bond donors (Lipinski definition) is 0. The lowest BCUT2D eigenvalue weighted by Crippen LogP contribution is -2.19. The molecule has 0 amide bonds. The molecule has 0 aromatic heterocycles. The van der Waals surface area contributed by atoms with E-state index in [1.807, 2.05) is 13.0 Å². The molecule has 0 saturated heterocycles. The average molecular weight is 300 g/mol. The predicted molar refractivity (Wildman–Crippen MR) is 81.7 cm³/mol. The Kier molecular flexibility index (Phi) is 4.29. The standard InChI is InChI=1S/C16H16N2O2S/c1-3-8-18-11-14(10-17)9-16(12-18)21(19,20)15-6-4-13(2)5-7-15/h3-7,11-12H,1,8-9H2,2H3. The fraction of sp³-hybridized carbons (Fsp3) is 0.188. The molecule has 2 rings (SSSR count). The number of aryl methyl sites for hydroxylation is 1. The minimum absolute atomic E-state index is 0.125. The van der Waals surface area contributed by atoms with Gasteiger partial charge in [-0.1, -0.05) is 23.8 Å². The van der Waals surface area contributed by atoms with Gasteiger partial charge in [0.15, 0.2) is 0 Å². The van der Waals surface area contributed by atoms with Gasteiger partial charge in [0.25, 0.3) is 0 Å². The number of nitriles is 1. The van der Waals surface area contributed by atoms with Crippen molar-refractivity contribution in [1.82, 2.24) is 4.90 Å². The second kappa shape index (κ2) is 5.98. The Hall–Kier alpha value is -2.32. The highest BCUT2D eigenvalue weighted by Crippen LogP contribution is 2.28. The lowest BCUT2D eigenvalue weighted by atomic mass is 10.2. The Morgan fingerprint density at radius 2 is 2.00 bits per heavy atom.